The second-order valence-corrected chi connectivity index (χ2v) is 9.68. The lowest BCUT2D eigenvalue weighted by molar-refractivity contribution is 0.0767. The van der Waals surface area contributed by atoms with Crippen molar-refractivity contribution in [2.75, 3.05) is 33.8 Å². The van der Waals surface area contributed by atoms with Crippen LogP contribution < -0.4 is 9.47 Å². The van der Waals surface area contributed by atoms with Gasteiger partial charge in [0.2, 0.25) is 0 Å². The number of nitrogens with zero attached hydrogens (tertiary/aromatic N) is 2. The molecule has 0 N–H and O–H groups in total. The third-order valence-corrected chi connectivity index (χ3v) is 7.54. The van der Waals surface area contributed by atoms with Crippen LogP contribution in [0.2, 0.25) is 0 Å². The molecule has 1 unspecified atom stereocenters. The number of ether oxygens (including phenoxy) is 2. The van der Waals surface area contributed by atoms with Gasteiger partial charge in [-0.3, -0.25) is 0 Å². The van der Waals surface area contributed by atoms with Crippen LogP contribution in [0.5, 0.6) is 11.5 Å². The Kier molecular flexibility index (Phi) is 6.20. The van der Waals surface area contributed by atoms with Crippen molar-refractivity contribution in [3.8, 4) is 11.5 Å². The third-order valence-electron chi connectivity index (χ3n) is 7.54. The van der Waals surface area contributed by atoms with E-state index >= 15 is 0 Å². The van der Waals surface area contributed by atoms with E-state index < -0.39 is 0 Å². The Morgan fingerprint density at radius 3 is 2.48 bits per heavy atom. The number of likely N-dealkylation sites (tertiary alicyclic amines) is 1. The van der Waals surface area contributed by atoms with Gasteiger partial charge < -0.3 is 19.3 Å². The summed E-state index contributed by atoms with van der Waals surface area (Å²) in [5, 5.41) is 0. The maximum absolute atomic E-state index is 6.48. The number of fused-ring (bicyclic) bond motifs is 1. The second-order valence-electron chi connectivity index (χ2n) is 9.68. The van der Waals surface area contributed by atoms with Crippen LogP contribution in [-0.4, -0.2) is 55.7 Å². The molecule has 1 atom stereocenters. The van der Waals surface area contributed by atoms with Crippen molar-refractivity contribution in [1.29, 1.82) is 0 Å². The first-order valence-corrected chi connectivity index (χ1v) is 12.1. The molecule has 4 nitrogen and oxygen atoms in total. The Labute approximate surface area is 187 Å². The van der Waals surface area contributed by atoms with Crippen molar-refractivity contribution < 1.29 is 9.47 Å². The highest BCUT2D eigenvalue weighted by Crippen LogP contribution is 2.36. The van der Waals surface area contributed by atoms with Gasteiger partial charge in [-0.05, 0) is 73.7 Å². The maximum atomic E-state index is 6.48. The SMILES string of the molecule is COc1cccc(C2CN(C)Cc3cc(OC4CCN(C5CCCC5)CC4)ccc32)c1. The average molecular weight is 421 g/mol. The molecule has 0 bridgehead atoms. The normalized spacial score (nSPS) is 23.6. The van der Waals surface area contributed by atoms with Gasteiger partial charge in [0, 0.05) is 38.1 Å². The fourth-order valence-electron chi connectivity index (χ4n) is 5.86. The molecule has 1 aliphatic carbocycles. The molecule has 0 amide bonds. The summed E-state index contributed by atoms with van der Waals surface area (Å²) < 4.78 is 11.9. The van der Waals surface area contributed by atoms with E-state index in [1.54, 1.807) is 7.11 Å². The van der Waals surface area contributed by atoms with Gasteiger partial charge in [-0.25, -0.2) is 0 Å². The molecule has 1 saturated carbocycles. The topological polar surface area (TPSA) is 24.9 Å². The summed E-state index contributed by atoms with van der Waals surface area (Å²) in [4.78, 5) is 5.13. The van der Waals surface area contributed by atoms with E-state index in [4.69, 9.17) is 9.47 Å². The van der Waals surface area contributed by atoms with Gasteiger partial charge in [-0.2, -0.15) is 0 Å². The van der Waals surface area contributed by atoms with Crippen LogP contribution >= 0.6 is 0 Å². The quantitative estimate of drug-likeness (QED) is 0.675. The second kappa shape index (κ2) is 9.22. The zero-order valence-electron chi connectivity index (χ0n) is 19.1. The Bertz CT molecular complexity index is 885. The van der Waals surface area contributed by atoms with E-state index in [0.717, 1.165) is 43.5 Å². The molecule has 0 spiro atoms. The Morgan fingerprint density at radius 1 is 0.903 bits per heavy atom. The summed E-state index contributed by atoms with van der Waals surface area (Å²) in [5.41, 5.74) is 4.14. The van der Waals surface area contributed by atoms with Gasteiger partial charge in [0.25, 0.3) is 0 Å². The van der Waals surface area contributed by atoms with E-state index in [1.807, 2.05) is 6.07 Å². The molecular formula is C27H36N2O2. The number of likely N-dealkylation sites (N-methyl/N-ethyl adjacent to an activating group) is 1. The summed E-state index contributed by atoms with van der Waals surface area (Å²) in [6.45, 7) is 4.40. The molecule has 31 heavy (non-hydrogen) atoms. The molecule has 4 heteroatoms. The highest BCUT2D eigenvalue weighted by atomic mass is 16.5. The smallest absolute Gasteiger partial charge is 0.120 e. The fraction of sp³-hybridized carbons (Fsp3) is 0.556. The molecule has 3 aliphatic rings. The molecule has 2 heterocycles. The summed E-state index contributed by atoms with van der Waals surface area (Å²) >= 11 is 0. The molecule has 0 radical (unpaired) electrons. The molecule has 2 aromatic rings. The molecule has 2 fully saturated rings. The van der Waals surface area contributed by atoms with Gasteiger partial charge in [-0.15, -0.1) is 0 Å². The molecular weight excluding hydrogens is 384 g/mol. The largest absolute Gasteiger partial charge is 0.497 e. The Balaban J connectivity index is 1.28. The van der Waals surface area contributed by atoms with Crippen molar-refractivity contribution >= 4 is 0 Å². The minimum absolute atomic E-state index is 0.353. The van der Waals surface area contributed by atoms with Crippen LogP contribution in [0.15, 0.2) is 42.5 Å². The van der Waals surface area contributed by atoms with Crippen LogP contribution in [0.25, 0.3) is 0 Å². The first-order chi connectivity index (χ1) is 15.2. The van der Waals surface area contributed by atoms with E-state index in [0.29, 0.717) is 12.0 Å². The van der Waals surface area contributed by atoms with Crippen LogP contribution in [0, 0.1) is 0 Å². The van der Waals surface area contributed by atoms with Crippen LogP contribution in [0.1, 0.15) is 61.1 Å². The van der Waals surface area contributed by atoms with E-state index in [9.17, 15) is 0 Å². The third kappa shape index (κ3) is 4.61. The summed E-state index contributed by atoms with van der Waals surface area (Å²) in [5.74, 6) is 2.33. The fourth-order valence-corrected chi connectivity index (χ4v) is 5.86. The lowest BCUT2D eigenvalue weighted by atomic mass is 9.84. The predicted molar refractivity (Wildman–Crippen MR) is 125 cm³/mol. The molecule has 2 aliphatic heterocycles. The zero-order chi connectivity index (χ0) is 21.2. The van der Waals surface area contributed by atoms with Crippen molar-refractivity contribution in [2.45, 2.75) is 63.1 Å². The van der Waals surface area contributed by atoms with Gasteiger partial charge in [0.15, 0.2) is 0 Å². The maximum Gasteiger partial charge on any atom is 0.120 e. The highest BCUT2D eigenvalue weighted by Gasteiger charge is 2.29. The number of hydrogen-bond donors (Lipinski definition) is 0. The standard InChI is InChI=1S/C27H36N2O2/c1-28-18-21-17-25(31-23-12-14-29(15-13-23)22-7-3-4-8-22)10-11-26(21)27(19-28)20-6-5-9-24(16-20)30-2/h5-6,9-11,16-17,22-23,27H,3-4,7-8,12-15,18-19H2,1-2H3. The zero-order valence-corrected chi connectivity index (χ0v) is 19.1. The lowest BCUT2D eigenvalue weighted by Gasteiger charge is -2.36. The molecule has 0 aromatic heterocycles. The Morgan fingerprint density at radius 2 is 1.71 bits per heavy atom. The van der Waals surface area contributed by atoms with E-state index in [2.05, 4.69) is 53.2 Å². The minimum atomic E-state index is 0.353. The van der Waals surface area contributed by atoms with Crippen LogP contribution in [-0.2, 0) is 6.54 Å². The summed E-state index contributed by atoms with van der Waals surface area (Å²) in [7, 11) is 3.95. The van der Waals surface area contributed by atoms with Gasteiger partial charge in [-0.1, -0.05) is 31.0 Å². The first-order valence-electron chi connectivity index (χ1n) is 12.1. The van der Waals surface area contributed by atoms with Gasteiger partial charge in [0.05, 0.1) is 7.11 Å². The summed E-state index contributed by atoms with van der Waals surface area (Å²) in [6, 6.07) is 16.1. The van der Waals surface area contributed by atoms with Crippen LogP contribution in [0.3, 0.4) is 0 Å². The molecule has 5 rings (SSSR count). The van der Waals surface area contributed by atoms with Gasteiger partial charge >= 0.3 is 0 Å². The van der Waals surface area contributed by atoms with Crippen molar-refractivity contribution in [2.24, 2.45) is 0 Å². The number of benzene rings is 2. The first kappa shape index (κ1) is 20.8. The summed E-state index contributed by atoms with van der Waals surface area (Å²) in [6.07, 6.45) is 8.30. The highest BCUT2D eigenvalue weighted by molar-refractivity contribution is 5.45. The average Bonchev–Trinajstić information content (AvgIpc) is 3.34. The number of methoxy groups -OCH3 is 1. The molecule has 2 aromatic carbocycles. The van der Waals surface area contributed by atoms with Crippen LogP contribution in [0.4, 0.5) is 0 Å². The van der Waals surface area contributed by atoms with Gasteiger partial charge in [0.1, 0.15) is 17.6 Å². The van der Waals surface area contributed by atoms with E-state index in [-0.39, 0.29) is 0 Å². The minimum Gasteiger partial charge on any atom is -0.497 e. The monoisotopic (exact) mass is 420 g/mol. The van der Waals surface area contributed by atoms with Crippen molar-refractivity contribution in [3.63, 3.8) is 0 Å². The van der Waals surface area contributed by atoms with Crippen molar-refractivity contribution in [1.82, 2.24) is 9.80 Å². The number of piperidine rings is 1. The predicted octanol–water partition coefficient (Wildman–Crippen LogP) is 5.06. The number of hydrogen-bond acceptors (Lipinski definition) is 4. The van der Waals surface area contributed by atoms with E-state index in [1.165, 1.54) is 55.5 Å². The van der Waals surface area contributed by atoms with Crippen molar-refractivity contribution in [3.05, 3.63) is 59.2 Å². The number of rotatable bonds is 5. The Hall–Kier alpha value is -2.04. The molecule has 166 valence electrons. The lowest BCUT2D eigenvalue weighted by Crippen LogP contribution is -2.43. The molecule has 1 saturated heterocycles.